The van der Waals surface area contributed by atoms with Crippen LogP contribution in [-0.4, -0.2) is 15.7 Å². The van der Waals surface area contributed by atoms with Gasteiger partial charge in [0.15, 0.2) is 0 Å². The van der Waals surface area contributed by atoms with Gasteiger partial charge in [0.05, 0.1) is 16.4 Å². The maximum atomic E-state index is 12.9. The monoisotopic (exact) mass is 452 g/mol. The van der Waals surface area contributed by atoms with E-state index in [0.717, 1.165) is 29.7 Å². The largest absolute Gasteiger partial charge is 0.321 e. The molecular weight excluding hydrogens is 431 g/mol. The number of anilines is 1. The summed E-state index contributed by atoms with van der Waals surface area (Å²) in [5, 5.41) is 17.8. The summed E-state index contributed by atoms with van der Waals surface area (Å²) in [6, 6.07) is 15.1. The van der Waals surface area contributed by atoms with Crippen molar-refractivity contribution in [3.8, 4) is 11.8 Å². The highest BCUT2D eigenvalue weighted by atomic mass is 35.5. The molecule has 0 saturated heterocycles. The molecule has 3 rings (SSSR count). The van der Waals surface area contributed by atoms with E-state index in [2.05, 4.69) is 10.4 Å². The van der Waals surface area contributed by atoms with Gasteiger partial charge in [-0.05, 0) is 49.1 Å². The molecule has 0 spiro atoms. The average molecular weight is 453 g/mol. The molecule has 0 atom stereocenters. The lowest BCUT2D eigenvalue weighted by Crippen LogP contribution is -2.16. The van der Waals surface area contributed by atoms with Crippen LogP contribution in [0.5, 0.6) is 0 Å². The van der Waals surface area contributed by atoms with Gasteiger partial charge in [-0.25, -0.2) is 4.68 Å². The second-order valence-electron chi connectivity index (χ2n) is 6.94. The number of aromatic nitrogens is 2. The van der Waals surface area contributed by atoms with Gasteiger partial charge in [0, 0.05) is 11.3 Å². The van der Waals surface area contributed by atoms with Crippen LogP contribution in [0.1, 0.15) is 36.2 Å². The quantitative estimate of drug-likeness (QED) is 0.359. The molecule has 0 bridgehead atoms. The number of hydrogen-bond acceptors (Lipinski definition) is 3. The molecule has 0 saturated carbocycles. The molecule has 0 aliphatic heterocycles. The minimum absolute atomic E-state index is 0.0586. The third-order valence-corrected chi connectivity index (χ3v) is 5.70. The van der Waals surface area contributed by atoms with Crippen LogP contribution in [0.3, 0.4) is 0 Å². The van der Waals surface area contributed by atoms with Crippen LogP contribution < -0.4 is 5.32 Å². The molecule has 31 heavy (non-hydrogen) atoms. The van der Waals surface area contributed by atoms with Crippen molar-refractivity contribution in [2.45, 2.75) is 33.6 Å². The Morgan fingerprint density at radius 3 is 2.35 bits per heavy atom. The molecule has 2 aromatic carbocycles. The second kappa shape index (κ2) is 9.82. The number of carbonyl (C=O) groups excluding carboxylic acids is 1. The van der Waals surface area contributed by atoms with E-state index in [1.165, 1.54) is 10.8 Å². The van der Waals surface area contributed by atoms with Crippen LogP contribution in [0, 0.1) is 18.3 Å². The Balaban J connectivity index is 1.99. The van der Waals surface area contributed by atoms with Crippen molar-refractivity contribution in [2.75, 3.05) is 5.32 Å². The minimum atomic E-state index is -0.487. The molecule has 0 aliphatic rings. The van der Waals surface area contributed by atoms with E-state index in [4.69, 9.17) is 23.2 Å². The van der Waals surface area contributed by atoms with E-state index in [-0.39, 0.29) is 10.7 Å². The number of nitriles is 1. The standard InChI is InChI=1S/C24H22Cl2N4O/c1-4-16-9-8-10-17(5-2)22(16)28-24(31)18(14-27)13-19-15(3)29-30(23(19)26)21-12-7-6-11-20(21)25/h6-13H,4-5H2,1-3H3,(H,28,31)/b18-13+. The third kappa shape index (κ3) is 4.66. The third-order valence-electron chi connectivity index (χ3n) is 5.02. The number of hydrogen-bond donors (Lipinski definition) is 1. The Labute approximate surface area is 191 Å². The fourth-order valence-electron chi connectivity index (χ4n) is 3.34. The Kier molecular flexibility index (Phi) is 7.17. The summed E-state index contributed by atoms with van der Waals surface area (Å²) < 4.78 is 1.50. The molecule has 7 heteroatoms. The molecular formula is C24H22Cl2N4O. The van der Waals surface area contributed by atoms with E-state index in [1.54, 1.807) is 19.1 Å². The Bertz CT molecular complexity index is 1180. The van der Waals surface area contributed by atoms with Crippen molar-refractivity contribution < 1.29 is 4.79 Å². The zero-order chi connectivity index (χ0) is 22.5. The number of benzene rings is 2. The highest BCUT2D eigenvalue weighted by Gasteiger charge is 2.19. The number of amides is 1. The van der Waals surface area contributed by atoms with Crippen LogP contribution in [0.4, 0.5) is 5.69 Å². The first kappa shape index (κ1) is 22.6. The molecule has 158 valence electrons. The number of rotatable bonds is 6. The molecule has 0 fully saturated rings. The fraction of sp³-hybridized carbons (Fsp3) is 0.208. The van der Waals surface area contributed by atoms with E-state index in [9.17, 15) is 10.1 Å². The molecule has 1 amide bonds. The van der Waals surface area contributed by atoms with Gasteiger partial charge in [0.25, 0.3) is 5.91 Å². The van der Waals surface area contributed by atoms with Crippen LogP contribution in [0.2, 0.25) is 10.2 Å². The molecule has 0 unspecified atom stereocenters. The molecule has 1 N–H and O–H groups in total. The van der Waals surface area contributed by atoms with Crippen LogP contribution >= 0.6 is 23.2 Å². The van der Waals surface area contributed by atoms with Crippen molar-refractivity contribution in [3.05, 3.63) is 80.6 Å². The number of nitrogens with zero attached hydrogens (tertiary/aromatic N) is 3. The summed E-state index contributed by atoms with van der Waals surface area (Å²) >= 11 is 12.8. The Morgan fingerprint density at radius 2 is 1.77 bits per heavy atom. The summed E-state index contributed by atoms with van der Waals surface area (Å²) in [7, 11) is 0. The van der Waals surface area contributed by atoms with Gasteiger partial charge in [-0.15, -0.1) is 0 Å². The molecule has 3 aromatic rings. The van der Waals surface area contributed by atoms with E-state index in [1.807, 2.05) is 50.2 Å². The van der Waals surface area contributed by atoms with Crippen LogP contribution in [0.15, 0.2) is 48.0 Å². The zero-order valence-corrected chi connectivity index (χ0v) is 19.1. The molecule has 1 aromatic heterocycles. The Hall–Kier alpha value is -3.07. The number of nitrogens with one attached hydrogen (secondary N) is 1. The Morgan fingerprint density at radius 1 is 1.13 bits per heavy atom. The second-order valence-corrected chi connectivity index (χ2v) is 7.70. The molecule has 0 radical (unpaired) electrons. The van der Waals surface area contributed by atoms with Gasteiger partial charge in [0.2, 0.25) is 0 Å². The van der Waals surface area contributed by atoms with Gasteiger partial charge in [-0.3, -0.25) is 4.79 Å². The zero-order valence-electron chi connectivity index (χ0n) is 17.5. The summed E-state index contributed by atoms with van der Waals surface area (Å²) in [4.78, 5) is 12.9. The van der Waals surface area contributed by atoms with Gasteiger partial charge >= 0.3 is 0 Å². The maximum Gasteiger partial charge on any atom is 0.266 e. The van der Waals surface area contributed by atoms with Gasteiger partial charge in [-0.2, -0.15) is 10.4 Å². The highest BCUT2D eigenvalue weighted by molar-refractivity contribution is 6.33. The summed E-state index contributed by atoms with van der Waals surface area (Å²) in [6.45, 7) is 5.81. The predicted molar refractivity (Wildman–Crippen MR) is 126 cm³/mol. The number of carbonyl (C=O) groups is 1. The summed E-state index contributed by atoms with van der Waals surface area (Å²) in [5.74, 6) is -0.487. The fourth-order valence-corrected chi connectivity index (χ4v) is 3.87. The number of aryl methyl sites for hydroxylation is 3. The van der Waals surface area contributed by atoms with Gasteiger partial charge < -0.3 is 5.32 Å². The smallest absolute Gasteiger partial charge is 0.266 e. The number of halogens is 2. The van der Waals surface area contributed by atoms with Gasteiger partial charge in [0.1, 0.15) is 16.8 Å². The topological polar surface area (TPSA) is 70.7 Å². The van der Waals surface area contributed by atoms with Crippen LogP contribution in [-0.2, 0) is 17.6 Å². The lowest BCUT2D eigenvalue weighted by molar-refractivity contribution is -0.112. The molecule has 1 heterocycles. The predicted octanol–water partition coefficient (Wildman–Crippen LogP) is 6.16. The van der Waals surface area contributed by atoms with E-state index in [0.29, 0.717) is 22.0 Å². The first-order chi connectivity index (χ1) is 14.9. The molecule has 5 nitrogen and oxygen atoms in total. The summed E-state index contributed by atoms with van der Waals surface area (Å²) in [6.07, 6.45) is 3.00. The normalized spacial score (nSPS) is 11.3. The SMILES string of the molecule is CCc1cccc(CC)c1NC(=O)/C(C#N)=C/c1c(C)nn(-c2ccccc2Cl)c1Cl. The van der Waals surface area contributed by atoms with E-state index < -0.39 is 5.91 Å². The lowest BCUT2D eigenvalue weighted by atomic mass is 10.0. The van der Waals surface area contributed by atoms with Crippen molar-refractivity contribution in [1.29, 1.82) is 5.26 Å². The highest BCUT2D eigenvalue weighted by Crippen LogP contribution is 2.29. The lowest BCUT2D eigenvalue weighted by Gasteiger charge is -2.14. The van der Waals surface area contributed by atoms with Crippen molar-refractivity contribution in [1.82, 2.24) is 9.78 Å². The maximum absolute atomic E-state index is 12.9. The summed E-state index contributed by atoms with van der Waals surface area (Å²) in [5.41, 5.74) is 4.42. The first-order valence-corrected chi connectivity index (χ1v) is 10.7. The van der Waals surface area contributed by atoms with Crippen LogP contribution in [0.25, 0.3) is 11.8 Å². The molecule has 0 aliphatic carbocycles. The van der Waals surface area contributed by atoms with E-state index >= 15 is 0 Å². The van der Waals surface area contributed by atoms with Crippen molar-refractivity contribution in [3.63, 3.8) is 0 Å². The van der Waals surface area contributed by atoms with Crippen molar-refractivity contribution in [2.24, 2.45) is 0 Å². The minimum Gasteiger partial charge on any atom is -0.321 e. The van der Waals surface area contributed by atoms with Gasteiger partial charge in [-0.1, -0.05) is 67.4 Å². The number of para-hydroxylation sites is 2. The first-order valence-electron chi connectivity index (χ1n) is 9.95. The average Bonchev–Trinajstić information content (AvgIpc) is 3.05. The van der Waals surface area contributed by atoms with Crippen molar-refractivity contribution >= 4 is 40.9 Å².